The Balaban J connectivity index is 2.34. The van der Waals surface area contributed by atoms with E-state index in [1.165, 1.54) is 6.42 Å². The maximum absolute atomic E-state index is 10.2. The summed E-state index contributed by atoms with van der Waals surface area (Å²) >= 11 is 0. The molecule has 0 aromatic rings. The van der Waals surface area contributed by atoms with Crippen LogP contribution < -0.4 is 0 Å². The van der Waals surface area contributed by atoms with Crippen molar-refractivity contribution in [3.8, 4) is 0 Å². The molecular formula is C10H18O2. The largest absolute Gasteiger partial charge is 0.396 e. The quantitative estimate of drug-likeness (QED) is 0.620. The molecule has 2 nitrogen and oxygen atoms in total. The summed E-state index contributed by atoms with van der Waals surface area (Å²) in [6, 6.07) is 0. The van der Waals surface area contributed by atoms with Gasteiger partial charge in [-0.25, -0.2) is 0 Å². The zero-order chi connectivity index (χ0) is 8.98. The molecule has 2 heteroatoms. The maximum atomic E-state index is 10.2. The second-order valence-electron chi connectivity index (χ2n) is 4.93. The number of aliphatic hydroxyl groups excluding tert-OH is 1. The van der Waals surface area contributed by atoms with E-state index in [-0.39, 0.29) is 12.0 Å². The third kappa shape index (κ3) is 0.728. The van der Waals surface area contributed by atoms with Crippen LogP contribution in [0.1, 0.15) is 33.1 Å². The first kappa shape index (κ1) is 8.52. The number of fused-ring (bicyclic) bond motifs is 2. The minimum Gasteiger partial charge on any atom is -0.396 e. The lowest BCUT2D eigenvalue weighted by Gasteiger charge is -2.44. The summed E-state index contributed by atoms with van der Waals surface area (Å²) in [5.74, 6) is 0.974. The first-order valence-corrected chi connectivity index (χ1v) is 4.85. The summed E-state index contributed by atoms with van der Waals surface area (Å²) in [6.07, 6.45) is 3.45. The summed E-state index contributed by atoms with van der Waals surface area (Å²) in [7, 11) is 0. The average Bonchev–Trinajstić information content (AvgIpc) is 2.55. The van der Waals surface area contributed by atoms with Gasteiger partial charge in [-0.3, -0.25) is 0 Å². The molecule has 0 aromatic carbocycles. The average molecular weight is 170 g/mol. The highest BCUT2D eigenvalue weighted by Crippen LogP contribution is 2.61. The lowest BCUT2D eigenvalue weighted by molar-refractivity contribution is -0.121. The highest BCUT2D eigenvalue weighted by molar-refractivity contribution is 5.11. The third-order valence-electron chi connectivity index (χ3n) is 4.61. The smallest absolute Gasteiger partial charge is 0.0725 e. The van der Waals surface area contributed by atoms with E-state index in [9.17, 15) is 10.2 Å². The SMILES string of the molecule is CC1(O)C2CCC(C2)C1(C)CO. The van der Waals surface area contributed by atoms with Crippen molar-refractivity contribution in [2.24, 2.45) is 17.3 Å². The summed E-state index contributed by atoms with van der Waals surface area (Å²) < 4.78 is 0. The van der Waals surface area contributed by atoms with Crippen molar-refractivity contribution in [2.45, 2.75) is 38.7 Å². The van der Waals surface area contributed by atoms with E-state index in [0.717, 1.165) is 12.8 Å². The van der Waals surface area contributed by atoms with Gasteiger partial charge in [0, 0.05) is 5.41 Å². The van der Waals surface area contributed by atoms with Crippen LogP contribution in [0.5, 0.6) is 0 Å². The molecule has 0 saturated heterocycles. The number of rotatable bonds is 1. The molecule has 2 saturated carbocycles. The van der Waals surface area contributed by atoms with Crippen molar-refractivity contribution in [1.29, 1.82) is 0 Å². The minimum absolute atomic E-state index is 0.126. The summed E-state index contributed by atoms with van der Waals surface area (Å²) in [5.41, 5.74) is -0.874. The Morgan fingerprint density at radius 3 is 2.17 bits per heavy atom. The number of hydrogen-bond acceptors (Lipinski definition) is 2. The zero-order valence-electron chi connectivity index (χ0n) is 7.88. The summed E-state index contributed by atoms with van der Waals surface area (Å²) in [6.45, 7) is 4.05. The molecule has 2 N–H and O–H groups in total. The van der Waals surface area contributed by atoms with E-state index in [1.807, 2.05) is 13.8 Å². The monoisotopic (exact) mass is 170 g/mol. The van der Waals surface area contributed by atoms with Crippen molar-refractivity contribution < 1.29 is 10.2 Å². The molecule has 0 radical (unpaired) electrons. The molecule has 2 aliphatic carbocycles. The van der Waals surface area contributed by atoms with Crippen LogP contribution in [0.3, 0.4) is 0 Å². The Bertz CT molecular complexity index is 200. The molecule has 70 valence electrons. The van der Waals surface area contributed by atoms with Crippen LogP contribution in [0, 0.1) is 17.3 Å². The van der Waals surface area contributed by atoms with Gasteiger partial charge in [0.05, 0.1) is 12.2 Å². The van der Waals surface area contributed by atoms with Gasteiger partial charge in [0.15, 0.2) is 0 Å². The fourth-order valence-corrected chi connectivity index (χ4v) is 3.24. The van der Waals surface area contributed by atoms with Gasteiger partial charge in [0.2, 0.25) is 0 Å². The highest BCUT2D eigenvalue weighted by atomic mass is 16.3. The zero-order valence-corrected chi connectivity index (χ0v) is 7.88. The Kier molecular flexibility index (Phi) is 1.59. The number of aliphatic hydroxyl groups is 2. The van der Waals surface area contributed by atoms with Crippen molar-refractivity contribution in [2.75, 3.05) is 6.61 Å². The van der Waals surface area contributed by atoms with Gasteiger partial charge in [-0.05, 0) is 38.0 Å². The molecule has 0 aromatic heterocycles. The lowest BCUT2D eigenvalue weighted by atomic mass is 9.65. The fourth-order valence-electron chi connectivity index (χ4n) is 3.24. The Hall–Kier alpha value is -0.0800. The molecule has 2 aliphatic rings. The molecular weight excluding hydrogens is 152 g/mol. The molecule has 2 bridgehead atoms. The molecule has 2 fully saturated rings. The van der Waals surface area contributed by atoms with E-state index in [1.54, 1.807) is 0 Å². The first-order chi connectivity index (χ1) is 5.52. The molecule has 0 heterocycles. The van der Waals surface area contributed by atoms with E-state index < -0.39 is 5.60 Å². The molecule has 0 aliphatic heterocycles. The lowest BCUT2D eigenvalue weighted by Crippen LogP contribution is -2.50. The van der Waals surface area contributed by atoms with Crippen LogP contribution in [-0.2, 0) is 0 Å². The molecule has 4 unspecified atom stereocenters. The molecule has 12 heavy (non-hydrogen) atoms. The van der Waals surface area contributed by atoms with Crippen molar-refractivity contribution in [3.05, 3.63) is 0 Å². The Morgan fingerprint density at radius 1 is 1.25 bits per heavy atom. The Morgan fingerprint density at radius 2 is 1.83 bits per heavy atom. The summed E-state index contributed by atoms with van der Waals surface area (Å²) in [5, 5.41) is 19.6. The molecule has 0 spiro atoms. The van der Waals surface area contributed by atoms with Crippen molar-refractivity contribution in [3.63, 3.8) is 0 Å². The first-order valence-electron chi connectivity index (χ1n) is 4.85. The fraction of sp³-hybridized carbons (Fsp3) is 1.00. The van der Waals surface area contributed by atoms with Crippen LogP contribution in [0.2, 0.25) is 0 Å². The van der Waals surface area contributed by atoms with Crippen LogP contribution in [0.4, 0.5) is 0 Å². The number of hydrogen-bond donors (Lipinski definition) is 2. The van der Waals surface area contributed by atoms with Gasteiger partial charge in [0.1, 0.15) is 0 Å². The van der Waals surface area contributed by atoms with Gasteiger partial charge in [-0.15, -0.1) is 0 Å². The van der Waals surface area contributed by atoms with Crippen LogP contribution in [-0.4, -0.2) is 22.4 Å². The van der Waals surface area contributed by atoms with E-state index in [4.69, 9.17) is 0 Å². The van der Waals surface area contributed by atoms with Gasteiger partial charge < -0.3 is 10.2 Å². The Labute approximate surface area is 73.6 Å². The third-order valence-corrected chi connectivity index (χ3v) is 4.61. The van der Waals surface area contributed by atoms with Crippen LogP contribution in [0.15, 0.2) is 0 Å². The molecule has 2 rings (SSSR count). The second kappa shape index (κ2) is 2.24. The van der Waals surface area contributed by atoms with Crippen molar-refractivity contribution in [1.82, 2.24) is 0 Å². The minimum atomic E-state index is -0.634. The van der Waals surface area contributed by atoms with Gasteiger partial charge >= 0.3 is 0 Å². The van der Waals surface area contributed by atoms with E-state index in [0.29, 0.717) is 11.8 Å². The van der Waals surface area contributed by atoms with Gasteiger partial charge in [-0.2, -0.15) is 0 Å². The summed E-state index contributed by atoms with van der Waals surface area (Å²) in [4.78, 5) is 0. The van der Waals surface area contributed by atoms with E-state index in [2.05, 4.69) is 0 Å². The second-order valence-corrected chi connectivity index (χ2v) is 4.93. The highest BCUT2D eigenvalue weighted by Gasteiger charge is 2.61. The van der Waals surface area contributed by atoms with Gasteiger partial charge in [0.25, 0.3) is 0 Å². The van der Waals surface area contributed by atoms with Gasteiger partial charge in [-0.1, -0.05) is 6.92 Å². The van der Waals surface area contributed by atoms with Crippen LogP contribution in [0.25, 0.3) is 0 Å². The van der Waals surface area contributed by atoms with Crippen molar-refractivity contribution >= 4 is 0 Å². The molecule has 4 atom stereocenters. The molecule has 0 amide bonds. The standard InChI is InChI=1S/C10H18O2/c1-9(6-11)7-3-4-8(5-7)10(9,2)12/h7-8,11-12H,3-6H2,1-2H3. The van der Waals surface area contributed by atoms with Crippen LogP contribution >= 0.6 is 0 Å². The predicted molar refractivity (Wildman–Crippen MR) is 46.6 cm³/mol. The van der Waals surface area contributed by atoms with E-state index >= 15 is 0 Å². The predicted octanol–water partition coefficient (Wildman–Crippen LogP) is 1.17. The maximum Gasteiger partial charge on any atom is 0.0725 e. The topological polar surface area (TPSA) is 40.5 Å². The normalized spacial score (nSPS) is 58.0.